The molecule has 3 N–H and O–H groups in total. The van der Waals surface area contributed by atoms with Crippen LogP contribution < -0.4 is 5.73 Å². The van der Waals surface area contributed by atoms with Crippen molar-refractivity contribution in [2.75, 3.05) is 18.9 Å². The number of nitrogens with two attached hydrogens (primary N) is 1. The zero-order chi connectivity index (χ0) is 10.7. The molecule has 1 saturated heterocycles. The Hall–Kier alpha value is -1.13. The van der Waals surface area contributed by atoms with Gasteiger partial charge in [-0.3, -0.25) is 0 Å². The van der Waals surface area contributed by atoms with Gasteiger partial charge >= 0.3 is 0 Å². The largest absolute Gasteiger partial charge is 0.387 e. The minimum absolute atomic E-state index is 0.412. The van der Waals surface area contributed by atoms with Crippen LogP contribution in [-0.2, 0) is 11.2 Å². The van der Waals surface area contributed by atoms with Crippen molar-refractivity contribution in [3.05, 3.63) is 23.9 Å². The van der Waals surface area contributed by atoms with Crippen LogP contribution >= 0.6 is 0 Å². The Morgan fingerprint density at radius 3 is 3.13 bits per heavy atom. The van der Waals surface area contributed by atoms with E-state index in [0.717, 1.165) is 25.0 Å². The Balaban J connectivity index is 2.06. The average molecular weight is 208 g/mol. The van der Waals surface area contributed by atoms with Gasteiger partial charge < -0.3 is 15.6 Å². The number of nitrogens with zero attached hydrogens (tertiary/aromatic N) is 1. The molecule has 2 rings (SSSR count). The second-order valence-corrected chi connectivity index (χ2v) is 4.15. The lowest BCUT2D eigenvalue weighted by molar-refractivity contribution is -0.0844. The first kappa shape index (κ1) is 10.4. The van der Waals surface area contributed by atoms with E-state index >= 15 is 0 Å². The molecule has 1 aliphatic heterocycles. The highest BCUT2D eigenvalue weighted by Crippen LogP contribution is 2.23. The molecule has 0 amide bonds. The number of nitrogen functional groups attached to an aromatic ring is 1. The highest BCUT2D eigenvalue weighted by Gasteiger charge is 2.30. The lowest BCUT2D eigenvalue weighted by atomic mass is 9.90. The van der Waals surface area contributed by atoms with Crippen molar-refractivity contribution in [3.63, 3.8) is 0 Å². The maximum absolute atomic E-state index is 10.2. The van der Waals surface area contributed by atoms with Crippen molar-refractivity contribution in [1.82, 2.24) is 4.98 Å². The highest BCUT2D eigenvalue weighted by molar-refractivity contribution is 5.32. The van der Waals surface area contributed by atoms with Crippen molar-refractivity contribution in [2.24, 2.45) is 0 Å². The van der Waals surface area contributed by atoms with Gasteiger partial charge in [-0.2, -0.15) is 0 Å². The van der Waals surface area contributed by atoms with E-state index in [0.29, 0.717) is 18.8 Å². The van der Waals surface area contributed by atoms with Gasteiger partial charge in [0.05, 0.1) is 12.2 Å². The van der Waals surface area contributed by atoms with Crippen molar-refractivity contribution in [3.8, 4) is 0 Å². The number of rotatable bonds is 2. The quantitative estimate of drug-likeness (QED) is 0.752. The monoisotopic (exact) mass is 208 g/mol. The molecule has 82 valence electrons. The molecular weight excluding hydrogens is 192 g/mol. The van der Waals surface area contributed by atoms with Crippen molar-refractivity contribution < 1.29 is 9.84 Å². The maximum Gasteiger partial charge on any atom is 0.123 e. The van der Waals surface area contributed by atoms with Gasteiger partial charge in [-0.25, -0.2) is 4.98 Å². The molecule has 0 saturated carbocycles. The maximum atomic E-state index is 10.2. The van der Waals surface area contributed by atoms with Gasteiger partial charge in [-0.1, -0.05) is 0 Å². The number of pyridine rings is 1. The van der Waals surface area contributed by atoms with Crippen molar-refractivity contribution >= 4 is 5.82 Å². The van der Waals surface area contributed by atoms with Gasteiger partial charge in [-0.15, -0.1) is 0 Å². The molecule has 1 aliphatic rings. The van der Waals surface area contributed by atoms with Crippen LogP contribution in [0.5, 0.6) is 0 Å². The third-order valence-electron chi connectivity index (χ3n) is 2.68. The molecule has 1 aromatic heterocycles. The third kappa shape index (κ3) is 2.67. The van der Waals surface area contributed by atoms with Crippen LogP contribution in [0.2, 0.25) is 0 Å². The lowest BCUT2D eigenvalue weighted by Crippen LogP contribution is -2.40. The predicted octanol–water partition coefficient (Wildman–Crippen LogP) is 0.748. The summed E-state index contributed by atoms with van der Waals surface area (Å²) in [5.41, 5.74) is 5.86. The molecule has 0 spiro atoms. The van der Waals surface area contributed by atoms with Crippen LogP contribution in [0, 0.1) is 0 Å². The number of hydrogen-bond acceptors (Lipinski definition) is 4. The lowest BCUT2D eigenvalue weighted by Gasteiger charge is -2.32. The SMILES string of the molecule is Nc1cc(CC2(O)CCCOC2)ccn1. The molecule has 0 aromatic carbocycles. The standard InChI is InChI=1S/C11H16N2O2/c12-10-6-9(2-4-13-10)7-11(14)3-1-5-15-8-11/h2,4,6,14H,1,3,5,7-8H2,(H2,12,13). The van der Waals surface area contributed by atoms with Gasteiger partial charge in [0, 0.05) is 19.2 Å². The Bertz CT molecular complexity index is 335. The van der Waals surface area contributed by atoms with Crippen LogP contribution in [0.4, 0.5) is 5.82 Å². The van der Waals surface area contributed by atoms with E-state index in [2.05, 4.69) is 4.98 Å². The first-order chi connectivity index (χ1) is 7.18. The molecule has 1 atom stereocenters. The van der Waals surface area contributed by atoms with E-state index in [4.69, 9.17) is 10.5 Å². The van der Waals surface area contributed by atoms with E-state index in [1.807, 2.05) is 6.07 Å². The van der Waals surface area contributed by atoms with Crippen LogP contribution in [0.15, 0.2) is 18.3 Å². The topological polar surface area (TPSA) is 68.4 Å². The van der Waals surface area contributed by atoms with Crippen molar-refractivity contribution in [2.45, 2.75) is 24.9 Å². The van der Waals surface area contributed by atoms with Crippen LogP contribution in [0.25, 0.3) is 0 Å². The van der Waals surface area contributed by atoms with E-state index in [1.165, 1.54) is 0 Å². The van der Waals surface area contributed by atoms with Gasteiger partial charge in [0.15, 0.2) is 0 Å². The molecule has 0 aliphatic carbocycles. The Morgan fingerprint density at radius 1 is 1.60 bits per heavy atom. The van der Waals surface area contributed by atoms with E-state index < -0.39 is 5.60 Å². The minimum Gasteiger partial charge on any atom is -0.387 e. The number of anilines is 1. The molecular formula is C11H16N2O2. The van der Waals surface area contributed by atoms with Gasteiger partial charge in [0.2, 0.25) is 0 Å². The zero-order valence-corrected chi connectivity index (χ0v) is 8.65. The number of aromatic nitrogens is 1. The molecule has 15 heavy (non-hydrogen) atoms. The smallest absolute Gasteiger partial charge is 0.123 e. The number of aliphatic hydroxyl groups is 1. The summed E-state index contributed by atoms with van der Waals surface area (Å²) in [5.74, 6) is 0.493. The molecule has 4 nitrogen and oxygen atoms in total. The summed E-state index contributed by atoms with van der Waals surface area (Å²) in [7, 11) is 0. The molecule has 2 heterocycles. The van der Waals surface area contributed by atoms with Gasteiger partial charge in [0.1, 0.15) is 5.82 Å². The van der Waals surface area contributed by atoms with E-state index in [1.54, 1.807) is 12.3 Å². The Kier molecular flexibility index (Phi) is 2.88. The fourth-order valence-corrected chi connectivity index (χ4v) is 1.96. The normalized spacial score (nSPS) is 26.5. The summed E-state index contributed by atoms with van der Waals surface area (Å²) in [4.78, 5) is 3.92. The summed E-state index contributed by atoms with van der Waals surface area (Å²) >= 11 is 0. The van der Waals surface area contributed by atoms with Crippen LogP contribution in [-0.4, -0.2) is 28.9 Å². The Labute approximate surface area is 89.1 Å². The third-order valence-corrected chi connectivity index (χ3v) is 2.68. The second kappa shape index (κ2) is 4.16. The fourth-order valence-electron chi connectivity index (χ4n) is 1.96. The van der Waals surface area contributed by atoms with E-state index in [-0.39, 0.29) is 0 Å². The van der Waals surface area contributed by atoms with Crippen molar-refractivity contribution in [1.29, 1.82) is 0 Å². The number of ether oxygens (including phenoxy) is 1. The Morgan fingerprint density at radius 2 is 2.47 bits per heavy atom. The molecule has 1 unspecified atom stereocenters. The first-order valence-corrected chi connectivity index (χ1v) is 5.19. The van der Waals surface area contributed by atoms with Crippen LogP contribution in [0.1, 0.15) is 18.4 Å². The first-order valence-electron chi connectivity index (χ1n) is 5.19. The zero-order valence-electron chi connectivity index (χ0n) is 8.65. The average Bonchev–Trinajstić information content (AvgIpc) is 2.18. The fraction of sp³-hybridized carbons (Fsp3) is 0.545. The molecule has 4 heteroatoms. The van der Waals surface area contributed by atoms with E-state index in [9.17, 15) is 5.11 Å². The van der Waals surface area contributed by atoms with Gasteiger partial charge in [0.25, 0.3) is 0 Å². The summed E-state index contributed by atoms with van der Waals surface area (Å²) in [6.45, 7) is 1.16. The molecule has 0 radical (unpaired) electrons. The molecule has 0 bridgehead atoms. The molecule has 1 aromatic rings. The number of hydrogen-bond donors (Lipinski definition) is 2. The molecule has 1 fully saturated rings. The van der Waals surface area contributed by atoms with Crippen LogP contribution in [0.3, 0.4) is 0 Å². The highest BCUT2D eigenvalue weighted by atomic mass is 16.5. The van der Waals surface area contributed by atoms with Gasteiger partial charge in [-0.05, 0) is 30.5 Å². The summed E-state index contributed by atoms with van der Waals surface area (Å²) < 4.78 is 5.29. The predicted molar refractivity (Wildman–Crippen MR) is 57.4 cm³/mol. The second-order valence-electron chi connectivity index (χ2n) is 4.15. The summed E-state index contributed by atoms with van der Waals surface area (Å²) in [5, 5.41) is 10.2. The summed E-state index contributed by atoms with van der Waals surface area (Å²) in [6, 6.07) is 3.68. The summed E-state index contributed by atoms with van der Waals surface area (Å²) in [6.07, 6.45) is 3.95. The minimum atomic E-state index is -0.730.